The van der Waals surface area contributed by atoms with E-state index >= 15 is 0 Å². The van der Waals surface area contributed by atoms with Crippen molar-refractivity contribution >= 4 is 22.3 Å². The highest BCUT2D eigenvalue weighted by Gasteiger charge is 2.17. The van der Waals surface area contributed by atoms with E-state index < -0.39 is 22.9 Å². The van der Waals surface area contributed by atoms with Gasteiger partial charge in [0.15, 0.2) is 11.6 Å². The number of fused-ring (bicyclic) bond motifs is 1. The van der Waals surface area contributed by atoms with Crippen molar-refractivity contribution in [3.8, 4) is 11.4 Å². The number of benzene rings is 2. The first-order valence-corrected chi connectivity index (χ1v) is 7.78. The fourth-order valence-electron chi connectivity index (χ4n) is 2.22. The van der Waals surface area contributed by atoms with Gasteiger partial charge in [-0.25, -0.2) is 18.2 Å². The maximum Gasteiger partial charge on any atom is 0.184 e. The summed E-state index contributed by atoms with van der Waals surface area (Å²) >= 11 is -2.57. The topological polar surface area (TPSA) is 92.1 Å². The molecule has 1 unspecified atom stereocenters. The molecule has 126 valence electrons. The van der Waals surface area contributed by atoms with Crippen LogP contribution < -0.4 is 9.46 Å². The van der Waals surface area contributed by atoms with Crippen LogP contribution in [0, 0.1) is 11.6 Å². The fourth-order valence-corrected chi connectivity index (χ4v) is 2.50. The van der Waals surface area contributed by atoms with Gasteiger partial charge < -0.3 is 9.29 Å². The highest BCUT2D eigenvalue weighted by molar-refractivity contribution is 7.77. The highest BCUT2D eigenvalue weighted by Crippen LogP contribution is 2.24. The molecule has 3 aromatic rings. The van der Waals surface area contributed by atoms with Crippen LogP contribution in [0.3, 0.4) is 0 Å². The van der Waals surface area contributed by atoms with Gasteiger partial charge in [-0.05, 0) is 18.2 Å². The second-order valence-corrected chi connectivity index (χ2v) is 5.54. The van der Waals surface area contributed by atoms with Crippen LogP contribution in [0.25, 0.3) is 16.7 Å². The lowest BCUT2D eigenvalue weighted by Gasteiger charge is -2.11. The summed E-state index contributed by atoms with van der Waals surface area (Å²) in [6.07, 6.45) is 0. The molecular formula is C14H11F2N4O3S-. The first kappa shape index (κ1) is 16.4. The summed E-state index contributed by atoms with van der Waals surface area (Å²) < 4.78 is 57.6. The highest BCUT2D eigenvalue weighted by atomic mass is 32.2. The summed E-state index contributed by atoms with van der Waals surface area (Å²) in [6.45, 7) is -0.353. The number of aromatic nitrogens is 3. The Morgan fingerprint density at radius 3 is 2.79 bits per heavy atom. The van der Waals surface area contributed by atoms with Gasteiger partial charge in [-0.1, -0.05) is 11.3 Å². The number of nitrogens with zero attached hydrogens (tertiary/aromatic N) is 3. The zero-order chi connectivity index (χ0) is 17.3. The van der Waals surface area contributed by atoms with E-state index in [-0.39, 0.29) is 17.8 Å². The Morgan fingerprint density at radius 2 is 2.08 bits per heavy atom. The fraction of sp³-hybridized carbons (Fsp3) is 0.143. The van der Waals surface area contributed by atoms with Crippen LogP contribution in [0.1, 0.15) is 5.56 Å². The molecule has 1 aromatic heterocycles. The van der Waals surface area contributed by atoms with E-state index in [1.165, 1.54) is 19.2 Å². The van der Waals surface area contributed by atoms with E-state index in [0.717, 1.165) is 4.68 Å². The van der Waals surface area contributed by atoms with Crippen molar-refractivity contribution in [1.82, 2.24) is 19.7 Å². The van der Waals surface area contributed by atoms with Crippen LogP contribution in [0.15, 0.2) is 30.3 Å². The third-order valence-electron chi connectivity index (χ3n) is 3.40. The molecule has 3 rings (SSSR count). The maximum absolute atomic E-state index is 14.4. The molecule has 0 fully saturated rings. The molecule has 0 saturated carbocycles. The van der Waals surface area contributed by atoms with Gasteiger partial charge in [0.05, 0.1) is 12.6 Å². The van der Waals surface area contributed by atoms with Crippen molar-refractivity contribution in [3.63, 3.8) is 0 Å². The summed E-state index contributed by atoms with van der Waals surface area (Å²) in [4.78, 5) is 0. The van der Waals surface area contributed by atoms with E-state index in [0.29, 0.717) is 16.8 Å². The summed E-state index contributed by atoms with van der Waals surface area (Å²) in [6, 6.07) is 7.49. The Morgan fingerprint density at radius 1 is 1.29 bits per heavy atom. The van der Waals surface area contributed by atoms with Gasteiger partial charge in [-0.2, -0.15) is 0 Å². The molecule has 0 bridgehead atoms. The van der Waals surface area contributed by atoms with Gasteiger partial charge in [-0.15, -0.1) is 5.10 Å². The number of hydrogen-bond donors (Lipinski definition) is 1. The lowest BCUT2D eigenvalue weighted by molar-refractivity contribution is 0.415. The Labute approximate surface area is 137 Å². The van der Waals surface area contributed by atoms with Crippen LogP contribution in [0.4, 0.5) is 8.78 Å². The first-order valence-electron chi connectivity index (χ1n) is 6.70. The number of nitrogens with one attached hydrogen (secondary N) is 1. The molecule has 1 atom stereocenters. The molecule has 0 saturated heterocycles. The van der Waals surface area contributed by atoms with Crippen molar-refractivity contribution in [3.05, 3.63) is 47.5 Å². The normalized spacial score (nSPS) is 12.5. The molecule has 0 amide bonds. The summed E-state index contributed by atoms with van der Waals surface area (Å²) in [5.41, 5.74) is 0.681. The van der Waals surface area contributed by atoms with E-state index in [2.05, 4.69) is 10.3 Å². The van der Waals surface area contributed by atoms with E-state index in [1.54, 1.807) is 18.2 Å². The van der Waals surface area contributed by atoms with Crippen LogP contribution in [-0.2, 0) is 17.8 Å². The van der Waals surface area contributed by atoms with Crippen molar-refractivity contribution in [1.29, 1.82) is 0 Å². The molecule has 0 aliphatic carbocycles. The molecule has 24 heavy (non-hydrogen) atoms. The van der Waals surface area contributed by atoms with Gasteiger partial charge >= 0.3 is 0 Å². The molecular weight excluding hydrogens is 342 g/mol. The third kappa shape index (κ3) is 2.98. The second kappa shape index (κ2) is 6.59. The molecule has 0 aliphatic rings. The minimum Gasteiger partial charge on any atom is -0.760 e. The van der Waals surface area contributed by atoms with Gasteiger partial charge in [0.2, 0.25) is 0 Å². The molecule has 2 aromatic carbocycles. The Hall–Kier alpha value is -2.43. The molecule has 1 N–H and O–H groups in total. The Bertz CT molecular complexity index is 932. The Balaban J connectivity index is 2.04. The van der Waals surface area contributed by atoms with Gasteiger partial charge in [0, 0.05) is 29.4 Å². The largest absolute Gasteiger partial charge is 0.760 e. The predicted molar refractivity (Wildman–Crippen MR) is 81.1 cm³/mol. The number of rotatable bonds is 5. The lowest BCUT2D eigenvalue weighted by Crippen LogP contribution is -2.17. The minimum absolute atomic E-state index is 0.119. The SMILES string of the molecule is COc1ccc2c(c1)nnn2-c1ccc(CNS(=O)[O-])c(F)c1F. The van der Waals surface area contributed by atoms with Gasteiger partial charge in [0.25, 0.3) is 0 Å². The van der Waals surface area contributed by atoms with Gasteiger partial charge in [-0.3, -0.25) is 4.21 Å². The molecule has 1 heterocycles. The zero-order valence-electron chi connectivity index (χ0n) is 12.3. The molecule has 0 spiro atoms. The Kier molecular flexibility index (Phi) is 4.51. The monoisotopic (exact) mass is 353 g/mol. The number of halogens is 2. The lowest BCUT2D eigenvalue weighted by atomic mass is 10.1. The van der Waals surface area contributed by atoms with Crippen molar-refractivity contribution in [2.75, 3.05) is 7.11 Å². The van der Waals surface area contributed by atoms with Crippen LogP contribution in [0.5, 0.6) is 5.75 Å². The van der Waals surface area contributed by atoms with E-state index in [1.807, 2.05) is 4.72 Å². The van der Waals surface area contributed by atoms with Crippen LogP contribution in [-0.4, -0.2) is 30.9 Å². The maximum atomic E-state index is 14.4. The van der Waals surface area contributed by atoms with Crippen molar-refractivity contribution in [2.45, 2.75) is 6.54 Å². The summed E-state index contributed by atoms with van der Waals surface area (Å²) in [5.74, 6) is -1.73. The van der Waals surface area contributed by atoms with Crippen molar-refractivity contribution in [2.24, 2.45) is 0 Å². The van der Waals surface area contributed by atoms with Crippen molar-refractivity contribution < 1.29 is 22.3 Å². The molecule has 0 aliphatic heterocycles. The standard InChI is InChI=1S/C14H12F2N4O3S/c1-23-9-3-5-11-10(6-9)18-19-20(11)12-4-2-8(7-17-24(21)22)13(15)14(12)16/h2-6,17H,7H2,1H3,(H,21,22)/p-1. The number of ether oxygens (including phenoxy) is 1. The first-order chi connectivity index (χ1) is 11.5. The van der Waals surface area contributed by atoms with Crippen LogP contribution >= 0.6 is 0 Å². The molecule has 10 heteroatoms. The quantitative estimate of drug-likeness (QED) is 0.703. The second-order valence-electron chi connectivity index (χ2n) is 4.78. The van der Waals surface area contributed by atoms with E-state index in [4.69, 9.17) is 4.74 Å². The minimum atomic E-state index is -2.57. The third-order valence-corrected chi connectivity index (χ3v) is 3.78. The summed E-state index contributed by atoms with van der Waals surface area (Å²) in [7, 11) is 1.50. The average Bonchev–Trinajstić information content (AvgIpc) is 2.99. The summed E-state index contributed by atoms with van der Waals surface area (Å²) in [5, 5.41) is 7.74. The smallest absolute Gasteiger partial charge is 0.184 e. The zero-order valence-corrected chi connectivity index (χ0v) is 13.1. The molecule has 7 nitrogen and oxygen atoms in total. The van der Waals surface area contributed by atoms with E-state index in [9.17, 15) is 17.5 Å². The van der Waals surface area contributed by atoms with Crippen LogP contribution in [0.2, 0.25) is 0 Å². The number of hydrogen-bond acceptors (Lipinski definition) is 5. The predicted octanol–water partition coefficient (Wildman–Crippen LogP) is 1.59. The average molecular weight is 353 g/mol. The molecule has 0 radical (unpaired) electrons. The number of methoxy groups -OCH3 is 1. The van der Waals surface area contributed by atoms with Gasteiger partial charge in [0.1, 0.15) is 17.0 Å².